The summed E-state index contributed by atoms with van der Waals surface area (Å²) in [5.41, 5.74) is 4.49. The van der Waals surface area contributed by atoms with Gasteiger partial charge in [0, 0.05) is 43.4 Å². The highest BCUT2D eigenvalue weighted by atomic mass is 19.1. The number of ether oxygens (including phenoxy) is 1. The van der Waals surface area contributed by atoms with Gasteiger partial charge in [-0.25, -0.2) is 14.5 Å². The molecule has 0 unspecified atom stereocenters. The average molecular weight is 571 g/mol. The van der Waals surface area contributed by atoms with Crippen molar-refractivity contribution in [2.45, 2.75) is 44.6 Å². The summed E-state index contributed by atoms with van der Waals surface area (Å²) in [5, 5.41) is 14.1. The Bertz CT molecular complexity index is 1730. The van der Waals surface area contributed by atoms with E-state index in [1.807, 2.05) is 30.0 Å². The molecule has 7 rings (SSSR count). The number of fused-ring (bicyclic) bond motifs is 2. The highest BCUT2D eigenvalue weighted by Crippen LogP contribution is 2.42. The molecule has 1 saturated heterocycles. The number of hydrogen-bond acceptors (Lipinski definition) is 7. The van der Waals surface area contributed by atoms with Crippen LogP contribution in [0.15, 0.2) is 42.5 Å². The summed E-state index contributed by atoms with van der Waals surface area (Å²) >= 11 is 0. The van der Waals surface area contributed by atoms with Crippen LogP contribution in [0.25, 0.3) is 16.9 Å². The molecule has 42 heavy (non-hydrogen) atoms. The lowest BCUT2D eigenvalue weighted by Crippen LogP contribution is -2.39. The monoisotopic (exact) mass is 570 g/mol. The number of halogens is 1. The maximum atomic E-state index is 15.6. The molecule has 3 aliphatic rings. The van der Waals surface area contributed by atoms with Crippen LogP contribution < -0.4 is 9.64 Å². The molecule has 1 aromatic carbocycles. The van der Waals surface area contributed by atoms with Gasteiger partial charge in [0.15, 0.2) is 5.65 Å². The molecule has 1 saturated carbocycles. The molecule has 10 nitrogen and oxygen atoms in total. The van der Waals surface area contributed by atoms with Gasteiger partial charge in [0.25, 0.3) is 5.91 Å². The number of carbonyl (C=O) groups excluding carboxylic acids is 1. The van der Waals surface area contributed by atoms with Gasteiger partial charge in [0.1, 0.15) is 23.0 Å². The predicted octanol–water partition coefficient (Wildman–Crippen LogP) is 4.49. The van der Waals surface area contributed by atoms with Crippen molar-refractivity contribution in [1.82, 2.24) is 24.5 Å². The summed E-state index contributed by atoms with van der Waals surface area (Å²) in [6.45, 7) is 3.37. The van der Waals surface area contributed by atoms with E-state index in [1.54, 1.807) is 21.5 Å². The zero-order chi connectivity index (χ0) is 29.1. The van der Waals surface area contributed by atoms with Gasteiger partial charge in [0.05, 0.1) is 24.6 Å². The molecule has 0 spiro atoms. The second-order valence-electron chi connectivity index (χ2n) is 11.4. The van der Waals surface area contributed by atoms with E-state index in [9.17, 15) is 14.7 Å². The minimum atomic E-state index is -0.873. The van der Waals surface area contributed by atoms with E-state index in [-0.39, 0.29) is 35.7 Å². The highest BCUT2D eigenvalue weighted by Gasteiger charge is 2.34. The normalized spacial score (nSPS) is 20.2. The van der Waals surface area contributed by atoms with Crippen LogP contribution in [-0.2, 0) is 11.2 Å². The van der Waals surface area contributed by atoms with Crippen molar-refractivity contribution >= 4 is 23.3 Å². The Hall–Kier alpha value is -4.54. The minimum Gasteiger partial charge on any atom is -0.496 e. The van der Waals surface area contributed by atoms with Crippen molar-refractivity contribution in [3.63, 3.8) is 0 Å². The van der Waals surface area contributed by atoms with Gasteiger partial charge >= 0.3 is 5.97 Å². The number of amides is 1. The molecule has 2 aliphatic heterocycles. The quantitative estimate of drug-likeness (QED) is 0.338. The summed E-state index contributed by atoms with van der Waals surface area (Å²) in [6, 6.07) is 13.3. The standard InChI is InChI=1S/C31H31FN6O4/c1-17-21-6-4-3-5-18(21)10-12-37(17)30(39)23-13-24(19-7-8-19)38-27(33-23)14-22(35-38)28-25(42-2)15-26(34-29(28)32)36-11-9-20(16-36)31(40)41/h3-6,13-15,17,19-20H,7-12,16H2,1-2H3,(H,40,41)/t17-,20+/m1/s1. The SMILES string of the molecule is COc1cc(N2CC[C@H](C(=O)O)C2)nc(F)c1-c1cc2nc(C(=O)N3CCc4ccccc4[C@H]3C)cc(C3CC3)n2n1. The van der Waals surface area contributed by atoms with E-state index in [2.05, 4.69) is 17.1 Å². The highest BCUT2D eigenvalue weighted by molar-refractivity contribution is 5.93. The van der Waals surface area contributed by atoms with Gasteiger partial charge in [-0.3, -0.25) is 9.59 Å². The van der Waals surface area contributed by atoms with Crippen molar-refractivity contribution in [2.24, 2.45) is 5.92 Å². The molecule has 2 fully saturated rings. The first-order chi connectivity index (χ1) is 20.3. The molecule has 5 heterocycles. The number of pyridine rings is 1. The van der Waals surface area contributed by atoms with Gasteiger partial charge in [-0.2, -0.15) is 9.49 Å². The first kappa shape index (κ1) is 26.4. The zero-order valence-corrected chi connectivity index (χ0v) is 23.5. The summed E-state index contributed by atoms with van der Waals surface area (Å²) in [6.07, 6.45) is 3.22. The Labute approximate surface area is 241 Å². The number of carboxylic acid groups (broad SMARTS) is 1. The number of aromatic nitrogens is 4. The third-order valence-electron chi connectivity index (χ3n) is 8.79. The van der Waals surface area contributed by atoms with E-state index in [0.29, 0.717) is 42.4 Å². The Morgan fingerprint density at radius 2 is 1.88 bits per heavy atom. The number of hydrogen-bond donors (Lipinski definition) is 1. The van der Waals surface area contributed by atoms with Crippen LogP contribution in [0.3, 0.4) is 0 Å². The number of anilines is 1. The average Bonchev–Trinajstić information content (AvgIpc) is 3.54. The number of carbonyl (C=O) groups is 2. The van der Waals surface area contributed by atoms with E-state index in [1.165, 1.54) is 12.7 Å². The van der Waals surface area contributed by atoms with Gasteiger partial charge in [0.2, 0.25) is 5.95 Å². The third-order valence-corrected chi connectivity index (χ3v) is 8.79. The maximum absolute atomic E-state index is 15.6. The van der Waals surface area contributed by atoms with Crippen LogP contribution in [0.2, 0.25) is 0 Å². The van der Waals surface area contributed by atoms with E-state index in [4.69, 9.17) is 14.8 Å². The zero-order valence-electron chi connectivity index (χ0n) is 23.5. The molecule has 0 radical (unpaired) electrons. The van der Waals surface area contributed by atoms with E-state index >= 15 is 4.39 Å². The van der Waals surface area contributed by atoms with Crippen molar-refractivity contribution < 1.29 is 23.8 Å². The maximum Gasteiger partial charge on any atom is 0.308 e. The largest absolute Gasteiger partial charge is 0.496 e. The molecule has 216 valence electrons. The number of benzene rings is 1. The Morgan fingerprint density at radius 3 is 2.62 bits per heavy atom. The predicted molar refractivity (Wildman–Crippen MR) is 152 cm³/mol. The van der Waals surface area contributed by atoms with E-state index in [0.717, 1.165) is 30.5 Å². The fraction of sp³-hybridized carbons (Fsp3) is 0.387. The lowest BCUT2D eigenvalue weighted by atomic mass is 9.93. The van der Waals surface area contributed by atoms with Crippen LogP contribution in [-0.4, -0.2) is 68.2 Å². The van der Waals surface area contributed by atoms with Gasteiger partial charge in [-0.15, -0.1) is 0 Å². The third kappa shape index (κ3) is 4.43. The second-order valence-corrected chi connectivity index (χ2v) is 11.4. The molecule has 3 aromatic heterocycles. The van der Waals surface area contributed by atoms with Crippen molar-refractivity contribution in [3.05, 3.63) is 70.9 Å². The summed E-state index contributed by atoms with van der Waals surface area (Å²) in [7, 11) is 1.45. The topological polar surface area (TPSA) is 113 Å². The lowest BCUT2D eigenvalue weighted by Gasteiger charge is -2.35. The van der Waals surface area contributed by atoms with Crippen LogP contribution in [0.1, 0.15) is 65.5 Å². The van der Waals surface area contributed by atoms with Crippen molar-refractivity contribution in [3.8, 4) is 17.0 Å². The molecule has 11 heteroatoms. The van der Waals surface area contributed by atoms with Gasteiger partial charge in [-0.1, -0.05) is 24.3 Å². The molecule has 2 atom stereocenters. The summed E-state index contributed by atoms with van der Waals surface area (Å²) in [5.74, 6) is -1.49. The van der Waals surface area contributed by atoms with Crippen LogP contribution >= 0.6 is 0 Å². The van der Waals surface area contributed by atoms with Crippen molar-refractivity contribution in [1.29, 1.82) is 0 Å². The van der Waals surface area contributed by atoms with Crippen molar-refractivity contribution in [2.75, 3.05) is 31.6 Å². The second kappa shape index (κ2) is 10.1. The Balaban J connectivity index is 1.25. The molecule has 4 aromatic rings. The number of carboxylic acids is 1. The molecule has 1 N–H and O–H groups in total. The fourth-order valence-corrected chi connectivity index (χ4v) is 6.30. The molecule has 1 amide bonds. The fourth-order valence-electron chi connectivity index (χ4n) is 6.30. The molecule has 1 aliphatic carbocycles. The summed E-state index contributed by atoms with van der Waals surface area (Å²) < 4.78 is 22.9. The number of rotatable bonds is 6. The minimum absolute atomic E-state index is 0.0744. The number of aliphatic carboxylic acids is 1. The van der Waals surface area contributed by atoms with Crippen LogP contribution in [0.5, 0.6) is 5.75 Å². The Kier molecular flexibility index (Phi) is 6.32. The van der Waals surface area contributed by atoms with E-state index < -0.39 is 17.8 Å². The van der Waals surface area contributed by atoms with Gasteiger partial charge < -0.3 is 19.6 Å². The van der Waals surface area contributed by atoms with Gasteiger partial charge in [-0.05, 0) is 49.8 Å². The first-order valence-electron chi connectivity index (χ1n) is 14.3. The number of nitrogens with zero attached hydrogens (tertiary/aromatic N) is 6. The van der Waals surface area contributed by atoms with Crippen LogP contribution in [0.4, 0.5) is 10.2 Å². The number of methoxy groups -OCH3 is 1. The van der Waals surface area contributed by atoms with Crippen LogP contribution in [0, 0.1) is 11.9 Å². The molecule has 0 bridgehead atoms. The Morgan fingerprint density at radius 1 is 1.07 bits per heavy atom. The first-order valence-corrected chi connectivity index (χ1v) is 14.3. The smallest absolute Gasteiger partial charge is 0.308 e. The summed E-state index contributed by atoms with van der Waals surface area (Å²) in [4.78, 5) is 37.7. The lowest BCUT2D eigenvalue weighted by molar-refractivity contribution is -0.140. The molecular weight excluding hydrogens is 539 g/mol. The molecular formula is C31H31FN6O4.